The van der Waals surface area contributed by atoms with Gasteiger partial charge in [-0.2, -0.15) is 0 Å². The lowest BCUT2D eigenvalue weighted by Crippen LogP contribution is -2.53. The van der Waals surface area contributed by atoms with Crippen LogP contribution in [0.1, 0.15) is 61.7 Å². The number of amides is 3. The number of carbonyl (C=O) groups is 5. The Morgan fingerprint density at radius 3 is 2.16 bits per heavy atom. The summed E-state index contributed by atoms with van der Waals surface area (Å²) < 4.78 is 0. The number of carbonyl (C=O) groups excluding carboxylic acids is 3. The Kier molecular flexibility index (Phi) is 11.3. The highest BCUT2D eigenvalue weighted by atomic mass is 16.4. The third-order valence-corrected chi connectivity index (χ3v) is 5.96. The van der Waals surface area contributed by atoms with E-state index in [-0.39, 0.29) is 31.3 Å². The van der Waals surface area contributed by atoms with Gasteiger partial charge in [0.05, 0.1) is 12.1 Å². The second kappa shape index (κ2) is 14.4. The molecule has 1 aliphatic rings. The van der Waals surface area contributed by atoms with Crippen LogP contribution in [0.25, 0.3) is 0 Å². The Bertz CT molecular complexity index is 1000. The highest BCUT2D eigenvalue weighted by Gasteiger charge is 2.30. The van der Waals surface area contributed by atoms with Crippen molar-refractivity contribution in [2.24, 2.45) is 22.4 Å². The van der Waals surface area contributed by atoms with Crippen LogP contribution < -0.4 is 27.4 Å². The van der Waals surface area contributed by atoms with E-state index in [0.717, 1.165) is 32.1 Å². The van der Waals surface area contributed by atoms with Crippen molar-refractivity contribution < 1.29 is 34.2 Å². The minimum Gasteiger partial charge on any atom is -0.481 e. The molecule has 0 spiro atoms. The molecule has 0 saturated heterocycles. The van der Waals surface area contributed by atoms with E-state index < -0.39 is 48.2 Å². The molecular weight excluding hydrogens is 484 g/mol. The van der Waals surface area contributed by atoms with Gasteiger partial charge in [-0.1, -0.05) is 32.1 Å². The van der Waals surface area contributed by atoms with Crippen LogP contribution in [-0.4, -0.2) is 64.5 Å². The lowest BCUT2D eigenvalue weighted by molar-refractivity contribution is -0.143. The van der Waals surface area contributed by atoms with Crippen molar-refractivity contribution in [1.82, 2.24) is 16.0 Å². The molecule has 202 valence electrons. The van der Waals surface area contributed by atoms with E-state index in [1.54, 1.807) is 0 Å². The van der Waals surface area contributed by atoms with Gasteiger partial charge < -0.3 is 37.6 Å². The van der Waals surface area contributed by atoms with Crippen molar-refractivity contribution in [1.29, 1.82) is 0 Å². The summed E-state index contributed by atoms with van der Waals surface area (Å²) in [6.07, 6.45) is 4.15. The molecule has 1 saturated carbocycles. The Balaban J connectivity index is 1.88. The van der Waals surface area contributed by atoms with Crippen molar-refractivity contribution in [2.45, 2.75) is 63.5 Å². The quantitative estimate of drug-likeness (QED) is 0.140. The van der Waals surface area contributed by atoms with Gasteiger partial charge in [-0.3, -0.25) is 19.2 Å². The van der Waals surface area contributed by atoms with Crippen molar-refractivity contribution in [2.75, 3.05) is 6.54 Å². The number of guanidine groups is 1. The second-order valence-corrected chi connectivity index (χ2v) is 8.95. The van der Waals surface area contributed by atoms with Gasteiger partial charge in [0.2, 0.25) is 11.8 Å². The summed E-state index contributed by atoms with van der Waals surface area (Å²) >= 11 is 0. The maximum Gasteiger partial charge on any atom is 0.326 e. The van der Waals surface area contributed by atoms with E-state index in [1.807, 2.05) is 0 Å². The first-order valence-electron chi connectivity index (χ1n) is 12.1. The lowest BCUT2D eigenvalue weighted by atomic mass is 9.85. The topological polar surface area (TPSA) is 226 Å². The molecule has 1 aromatic rings. The molecule has 37 heavy (non-hydrogen) atoms. The maximum atomic E-state index is 12.7. The number of carboxylic acids is 2. The molecule has 0 radical (unpaired) electrons. The summed E-state index contributed by atoms with van der Waals surface area (Å²) in [6, 6.07) is 3.43. The molecule has 1 fully saturated rings. The molecule has 0 aliphatic heterocycles. The number of aliphatic imine (C=N–C) groups is 1. The lowest BCUT2D eigenvalue weighted by Gasteiger charge is -2.26. The average Bonchev–Trinajstić information content (AvgIpc) is 2.83. The van der Waals surface area contributed by atoms with Gasteiger partial charge in [0.15, 0.2) is 5.96 Å². The van der Waals surface area contributed by atoms with Crippen LogP contribution in [0.3, 0.4) is 0 Å². The molecule has 13 heteroatoms. The monoisotopic (exact) mass is 518 g/mol. The van der Waals surface area contributed by atoms with Crippen LogP contribution in [-0.2, 0) is 19.2 Å². The Labute approximate surface area is 214 Å². The van der Waals surface area contributed by atoms with Crippen LogP contribution in [0.2, 0.25) is 0 Å². The minimum atomic E-state index is -1.46. The number of benzene rings is 1. The second-order valence-electron chi connectivity index (χ2n) is 8.95. The van der Waals surface area contributed by atoms with Crippen LogP contribution in [0.5, 0.6) is 0 Å². The number of aliphatic carboxylic acids is 2. The van der Waals surface area contributed by atoms with E-state index in [2.05, 4.69) is 20.9 Å². The standard InChI is InChI=1S/C24H34N6O7/c25-24(26)28-16-8-6-15(7-9-16)21(34)27-11-10-19(31)29-17(13-20(32)33)22(35)30-18(23(36)37)12-14-4-2-1-3-5-14/h6-9,14,17-18H,1-5,10-13H2,(H,27,34)(H,29,31)(H,30,35)(H,32,33)(H,36,37)(H4,25,26,28)/t17-,18+/m0/s1. The number of hydrogen-bond donors (Lipinski definition) is 7. The van der Waals surface area contributed by atoms with Crippen LogP contribution in [0.4, 0.5) is 5.69 Å². The average molecular weight is 519 g/mol. The van der Waals surface area contributed by atoms with E-state index in [4.69, 9.17) is 16.6 Å². The van der Waals surface area contributed by atoms with Crippen molar-refractivity contribution in [3.63, 3.8) is 0 Å². The zero-order valence-corrected chi connectivity index (χ0v) is 20.4. The first-order chi connectivity index (χ1) is 17.5. The summed E-state index contributed by atoms with van der Waals surface area (Å²) in [4.78, 5) is 64.1. The molecule has 2 rings (SSSR count). The van der Waals surface area contributed by atoms with Gasteiger partial charge in [0.25, 0.3) is 5.91 Å². The third-order valence-electron chi connectivity index (χ3n) is 5.96. The van der Waals surface area contributed by atoms with E-state index >= 15 is 0 Å². The highest BCUT2D eigenvalue weighted by Crippen LogP contribution is 2.27. The molecule has 9 N–H and O–H groups in total. The van der Waals surface area contributed by atoms with Crippen molar-refractivity contribution in [3.8, 4) is 0 Å². The smallest absolute Gasteiger partial charge is 0.326 e. The predicted octanol–water partition coefficient (Wildman–Crippen LogP) is 0.211. The number of nitrogens with zero attached hydrogens (tertiary/aromatic N) is 1. The van der Waals surface area contributed by atoms with E-state index in [0.29, 0.717) is 11.3 Å². The summed E-state index contributed by atoms with van der Waals surface area (Å²) in [5.41, 5.74) is 11.4. The van der Waals surface area contributed by atoms with Gasteiger partial charge >= 0.3 is 11.9 Å². The van der Waals surface area contributed by atoms with Gasteiger partial charge in [-0.25, -0.2) is 9.79 Å². The number of nitrogens with two attached hydrogens (primary N) is 2. The number of hydrogen-bond acceptors (Lipinski definition) is 6. The van der Waals surface area contributed by atoms with Gasteiger partial charge in [-0.05, 0) is 36.6 Å². The summed E-state index contributed by atoms with van der Waals surface area (Å²) in [5, 5.41) is 25.9. The fourth-order valence-electron chi connectivity index (χ4n) is 4.13. The van der Waals surface area contributed by atoms with Gasteiger partial charge in [-0.15, -0.1) is 0 Å². The number of nitrogens with one attached hydrogen (secondary N) is 3. The van der Waals surface area contributed by atoms with E-state index in [9.17, 15) is 29.1 Å². The number of rotatable bonds is 13. The molecule has 1 aromatic carbocycles. The molecule has 0 aromatic heterocycles. The molecule has 3 amide bonds. The zero-order chi connectivity index (χ0) is 27.4. The molecule has 2 atom stereocenters. The SMILES string of the molecule is NC(N)=Nc1ccc(C(=O)NCCC(=O)N[C@@H](CC(=O)O)C(=O)N[C@H](CC2CCCCC2)C(=O)O)cc1. The fraction of sp³-hybridized carbons (Fsp3) is 0.500. The minimum absolute atomic E-state index is 0.0822. The van der Waals surface area contributed by atoms with Crippen LogP contribution >= 0.6 is 0 Å². The van der Waals surface area contributed by atoms with E-state index in [1.165, 1.54) is 24.3 Å². The fourth-order valence-corrected chi connectivity index (χ4v) is 4.13. The first-order valence-corrected chi connectivity index (χ1v) is 12.1. The normalized spacial score (nSPS) is 15.0. The Morgan fingerprint density at radius 1 is 0.946 bits per heavy atom. The van der Waals surface area contributed by atoms with Crippen molar-refractivity contribution >= 4 is 41.3 Å². The molecule has 13 nitrogen and oxygen atoms in total. The van der Waals surface area contributed by atoms with Gasteiger partial charge in [0.1, 0.15) is 12.1 Å². The van der Waals surface area contributed by atoms with Gasteiger partial charge in [0, 0.05) is 18.5 Å². The van der Waals surface area contributed by atoms with Crippen LogP contribution in [0, 0.1) is 5.92 Å². The highest BCUT2D eigenvalue weighted by molar-refractivity contribution is 5.95. The molecule has 0 unspecified atom stereocenters. The summed E-state index contributed by atoms with van der Waals surface area (Å²) in [5.74, 6) is -4.54. The Morgan fingerprint density at radius 2 is 1.59 bits per heavy atom. The van der Waals surface area contributed by atoms with Crippen molar-refractivity contribution in [3.05, 3.63) is 29.8 Å². The summed E-state index contributed by atoms with van der Waals surface area (Å²) in [6.45, 7) is -0.0822. The predicted molar refractivity (Wildman–Crippen MR) is 134 cm³/mol. The first kappa shape index (κ1) is 29.1. The molecule has 0 bridgehead atoms. The Hall–Kier alpha value is -4.16. The number of carboxylic acid groups (broad SMARTS) is 2. The zero-order valence-electron chi connectivity index (χ0n) is 20.4. The third kappa shape index (κ3) is 10.5. The maximum absolute atomic E-state index is 12.7. The molecular formula is C24H34N6O7. The molecule has 1 aliphatic carbocycles. The molecule has 0 heterocycles. The van der Waals surface area contributed by atoms with Crippen LogP contribution in [0.15, 0.2) is 29.3 Å². The summed E-state index contributed by atoms with van der Waals surface area (Å²) in [7, 11) is 0. The largest absolute Gasteiger partial charge is 0.481 e.